The molecule has 188 valence electrons. The largest absolute Gasteiger partial charge is 0.490 e. The predicted octanol–water partition coefficient (Wildman–Crippen LogP) is 3.24. The lowest BCUT2D eigenvalue weighted by Gasteiger charge is -2.25. The number of amides is 1. The van der Waals surface area contributed by atoms with Crippen LogP contribution in [0, 0.1) is 6.92 Å². The number of carbonyl (C=O) groups excluding carboxylic acids is 1. The van der Waals surface area contributed by atoms with Gasteiger partial charge in [0, 0.05) is 13.0 Å². The van der Waals surface area contributed by atoms with Crippen LogP contribution in [0.3, 0.4) is 0 Å². The van der Waals surface area contributed by atoms with Gasteiger partial charge in [0.15, 0.2) is 0 Å². The molecule has 1 fully saturated rings. The number of aromatic nitrogens is 2. The highest BCUT2D eigenvalue weighted by Gasteiger charge is 2.38. The molecule has 1 saturated heterocycles. The number of hydrogen-bond donors (Lipinski definition) is 4. The van der Waals surface area contributed by atoms with Crippen molar-refractivity contribution in [2.45, 2.75) is 31.5 Å². The standard InChI is InChI=1S/C20H22FN5OS.C2HF3O2/c1-12-15-17(22)24-14(9-13-5-3-2-4-6-13)25-19(15)28-16(12)18(27)26-20(10-21)7-8-23-11-20;3-2(4,5)1(6)7/h2-6,23H,7-11H2,1H3,(H,26,27)(H2,22,24,25);(H,6,7). The maximum Gasteiger partial charge on any atom is 0.490 e. The molecule has 3 aromatic rings. The van der Waals surface area contributed by atoms with Gasteiger partial charge in [-0.15, -0.1) is 11.3 Å². The topological polar surface area (TPSA) is 130 Å². The Kier molecular flexibility index (Phi) is 7.90. The van der Waals surface area contributed by atoms with Crippen LogP contribution < -0.4 is 16.4 Å². The van der Waals surface area contributed by atoms with Crippen molar-refractivity contribution < 1.29 is 32.3 Å². The molecular formula is C22H23F4N5O3S. The van der Waals surface area contributed by atoms with Gasteiger partial charge in [0.1, 0.15) is 23.1 Å². The first kappa shape index (κ1) is 26.3. The predicted molar refractivity (Wildman–Crippen MR) is 123 cm³/mol. The molecule has 0 spiro atoms. The summed E-state index contributed by atoms with van der Waals surface area (Å²) in [5.41, 5.74) is 7.18. The number of nitrogens with zero attached hydrogens (tertiary/aromatic N) is 2. The highest BCUT2D eigenvalue weighted by atomic mass is 32.1. The molecule has 1 atom stereocenters. The SMILES string of the molecule is Cc1c(C(=O)NC2(CF)CCNC2)sc2nc(Cc3ccccc3)nc(N)c12.O=C(O)C(F)(F)F. The lowest BCUT2D eigenvalue weighted by Crippen LogP contribution is -2.51. The summed E-state index contributed by atoms with van der Waals surface area (Å²) in [7, 11) is 0. The fourth-order valence-corrected chi connectivity index (χ4v) is 4.69. The monoisotopic (exact) mass is 513 g/mol. The molecule has 1 aliphatic heterocycles. The fourth-order valence-electron chi connectivity index (χ4n) is 3.59. The highest BCUT2D eigenvalue weighted by molar-refractivity contribution is 7.20. The Morgan fingerprint density at radius 3 is 2.46 bits per heavy atom. The number of fused-ring (bicyclic) bond motifs is 1. The molecule has 0 aliphatic carbocycles. The van der Waals surface area contributed by atoms with Crippen LogP contribution in [0.1, 0.15) is 33.0 Å². The Hall–Kier alpha value is -3.32. The van der Waals surface area contributed by atoms with Crippen molar-refractivity contribution in [1.82, 2.24) is 20.6 Å². The van der Waals surface area contributed by atoms with Gasteiger partial charge in [-0.2, -0.15) is 13.2 Å². The Morgan fingerprint density at radius 1 is 1.26 bits per heavy atom. The lowest BCUT2D eigenvalue weighted by atomic mass is 10.0. The van der Waals surface area contributed by atoms with E-state index in [0.717, 1.165) is 11.1 Å². The van der Waals surface area contributed by atoms with Crippen LogP contribution in [-0.4, -0.2) is 58.4 Å². The molecule has 1 aliphatic rings. The third-order valence-corrected chi connectivity index (χ3v) is 6.58. The van der Waals surface area contributed by atoms with Gasteiger partial charge in [-0.25, -0.2) is 19.2 Å². The molecule has 3 heterocycles. The molecule has 4 rings (SSSR count). The summed E-state index contributed by atoms with van der Waals surface area (Å²) in [4.78, 5) is 32.0. The molecule has 8 nitrogen and oxygen atoms in total. The number of anilines is 1. The maximum atomic E-state index is 13.6. The van der Waals surface area contributed by atoms with Gasteiger partial charge in [-0.3, -0.25) is 4.79 Å². The summed E-state index contributed by atoms with van der Waals surface area (Å²) in [5, 5.41) is 13.8. The van der Waals surface area contributed by atoms with Crippen LogP contribution >= 0.6 is 11.3 Å². The van der Waals surface area contributed by atoms with Crippen molar-refractivity contribution in [1.29, 1.82) is 0 Å². The third-order valence-electron chi connectivity index (χ3n) is 5.40. The van der Waals surface area contributed by atoms with Crippen LogP contribution in [0.25, 0.3) is 10.2 Å². The number of carboxylic acids is 1. The van der Waals surface area contributed by atoms with Crippen LogP contribution in [0.5, 0.6) is 0 Å². The molecule has 5 N–H and O–H groups in total. The van der Waals surface area contributed by atoms with Crippen molar-refractivity contribution >= 4 is 39.2 Å². The molecule has 0 radical (unpaired) electrons. The number of alkyl halides is 4. The van der Waals surface area contributed by atoms with Crippen LogP contribution in [0.2, 0.25) is 0 Å². The van der Waals surface area contributed by atoms with E-state index in [9.17, 15) is 22.4 Å². The molecule has 2 aromatic heterocycles. The Labute approximate surface area is 201 Å². The van der Waals surface area contributed by atoms with Gasteiger partial charge in [0.05, 0.1) is 15.8 Å². The summed E-state index contributed by atoms with van der Waals surface area (Å²) >= 11 is 1.28. The van der Waals surface area contributed by atoms with Crippen molar-refractivity contribution in [2.75, 3.05) is 25.5 Å². The number of nitrogens with two attached hydrogens (primary N) is 1. The first-order valence-corrected chi connectivity index (χ1v) is 11.3. The Morgan fingerprint density at radius 2 is 1.91 bits per heavy atom. The number of aryl methyl sites for hydroxylation is 1. The minimum absolute atomic E-state index is 0.286. The van der Waals surface area contributed by atoms with Gasteiger partial charge < -0.3 is 21.5 Å². The Bertz CT molecular complexity index is 1210. The summed E-state index contributed by atoms with van der Waals surface area (Å²) < 4.78 is 45.3. The van der Waals surface area contributed by atoms with Crippen molar-refractivity contribution in [3.63, 3.8) is 0 Å². The molecule has 0 bridgehead atoms. The summed E-state index contributed by atoms with van der Waals surface area (Å²) in [6.45, 7) is 2.36. The van der Waals surface area contributed by atoms with Gasteiger partial charge in [-0.1, -0.05) is 30.3 Å². The summed E-state index contributed by atoms with van der Waals surface area (Å²) in [5.74, 6) is -2.06. The first-order chi connectivity index (χ1) is 16.5. The molecule has 35 heavy (non-hydrogen) atoms. The number of aliphatic carboxylic acids is 1. The van der Waals surface area contributed by atoms with E-state index in [2.05, 4.69) is 20.6 Å². The van der Waals surface area contributed by atoms with Gasteiger partial charge in [0.25, 0.3) is 5.91 Å². The smallest absolute Gasteiger partial charge is 0.475 e. The zero-order valence-electron chi connectivity index (χ0n) is 18.6. The summed E-state index contributed by atoms with van der Waals surface area (Å²) in [6, 6.07) is 9.91. The number of nitrogen functional groups attached to an aromatic ring is 1. The second-order valence-electron chi connectivity index (χ2n) is 8.02. The number of rotatable bonds is 5. The van der Waals surface area contributed by atoms with Crippen LogP contribution in [-0.2, 0) is 11.2 Å². The first-order valence-electron chi connectivity index (χ1n) is 10.4. The van der Waals surface area contributed by atoms with E-state index in [0.29, 0.717) is 52.7 Å². The number of carbonyl (C=O) groups is 2. The number of carboxylic acid groups (broad SMARTS) is 1. The van der Waals surface area contributed by atoms with E-state index in [-0.39, 0.29) is 5.91 Å². The van der Waals surface area contributed by atoms with Crippen LogP contribution in [0.4, 0.5) is 23.4 Å². The number of nitrogens with one attached hydrogen (secondary N) is 2. The van der Waals surface area contributed by atoms with E-state index >= 15 is 0 Å². The average molecular weight is 514 g/mol. The third kappa shape index (κ3) is 6.22. The number of halogens is 4. The minimum Gasteiger partial charge on any atom is -0.475 e. The number of benzene rings is 1. The molecule has 1 amide bonds. The van der Waals surface area contributed by atoms with Crippen molar-refractivity contribution in [3.05, 3.63) is 52.2 Å². The number of thiophene rings is 1. The quantitative estimate of drug-likeness (QED) is 0.386. The van der Waals surface area contributed by atoms with Gasteiger partial charge in [0.2, 0.25) is 0 Å². The molecular weight excluding hydrogens is 490 g/mol. The zero-order valence-corrected chi connectivity index (χ0v) is 19.4. The second kappa shape index (κ2) is 10.5. The van der Waals surface area contributed by atoms with Gasteiger partial charge >= 0.3 is 12.1 Å². The van der Waals surface area contributed by atoms with E-state index in [1.807, 2.05) is 37.3 Å². The zero-order chi connectivity index (χ0) is 25.8. The summed E-state index contributed by atoms with van der Waals surface area (Å²) in [6.07, 6.45) is -3.95. The highest BCUT2D eigenvalue weighted by Crippen LogP contribution is 2.33. The van der Waals surface area contributed by atoms with Crippen molar-refractivity contribution in [2.24, 2.45) is 0 Å². The van der Waals surface area contributed by atoms with Gasteiger partial charge in [-0.05, 0) is 31.0 Å². The maximum absolute atomic E-state index is 13.6. The molecule has 0 saturated carbocycles. The van der Waals surface area contributed by atoms with Crippen LogP contribution in [0.15, 0.2) is 30.3 Å². The van der Waals surface area contributed by atoms with E-state index in [1.54, 1.807) is 0 Å². The van der Waals surface area contributed by atoms with E-state index in [4.69, 9.17) is 15.6 Å². The fraction of sp³-hybridized carbons (Fsp3) is 0.364. The minimum atomic E-state index is -5.08. The lowest BCUT2D eigenvalue weighted by molar-refractivity contribution is -0.192. The average Bonchev–Trinajstić information content (AvgIpc) is 3.39. The molecule has 13 heteroatoms. The van der Waals surface area contributed by atoms with E-state index < -0.39 is 24.4 Å². The normalized spacial score (nSPS) is 17.6. The number of hydrogen-bond acceptors (Lipinski definition) is 7. The second-order valence-corrected chi connectivity index (χ2v) is 9.02. The van der Waals surface area contributed by atoms with E-state index in [1.165, 1.54) is 11.3 Å². The molecule has 1 unspecified atom stereocenters. The Balaban J connectivity index is 0.000000429. The van der Waals surface area contributed by atoms with Crippen molar-refractivity contribution in [3.8, 4) is 0 Å². The molecule has 1 aromatic carbocycles.